The first-order valence-electron chi connectivity index (χ1n) is 8.45. The number of nitrogens with zero attached hydrogens (tertiary/aromatic N) is 2. The minimum Gasteiger partial charge on any atom is -0.444 e. The van der Waals surface area contributed by atoms with Crippen molar-refractivity contribution >= 4 is 6.09 Å². The van der Waals surface area contributed by atoms with Gasteiger partial charge in [0.2, 0.25) is 0 Å². The van der Waals surface area contributed by atoms with Crippen LogP contribution in [0.5, 0.6) is 0 Å². The summed E-state index contributed by atoms with van der Waals surface area (Å²) in [5.41, 5.74) is -0.425. The summed E-state index contributed by atoms with van der Waals surface area (Å²) in [4.78, 5) is 16.3. The Bertz CT molecular complexity index is 310. The zero-order chi connectivity index (χ0) is 16.4. The van der Waals surface area contributed by atoms with Crippen molar-refractivity contribution in [3.8, 4) is 0 Å². The number of amides is 1. The van der Waals surface area contributed by atoms with E-state index in [0.717, 1.165) is 19.5 Å². The molecular weight excluding hydrogens is 280 g/mol. The molecule has 0 bridgehead atoms. The number of ether oxygens (including phenoxy) is 1. The van der Waals surface area contributed by atoms with Crippen molar-refractivity contribution in [1.29, 1.82) is 0 Å². The molecule has 1 aliphatic heterocycles. The highest BCUT2D eigenvalue weighted by Gasteiger charge is 2.15. The van der Waals surface area contributed by atoms with Crippen molar-refractivity contribution in [1.82, 2.24) is 20.4 Å². The number of nitrogens with one attached hydrogen (secondary N) is 2. The van der Waals surface area contributed by atoms with Crippen molar-refractivity contribution in [3.05, 3.63) is 0 Å². The van der Waals surface area contributed by atoms with Crippen molar-refractivity contribution in [2.24, 2.45) is 0 Å². The van der Waals surface area contributed by atoms with Gasteiger partial charge in [0.1, 0.15) is 5.60 Å². The van der Waals surface area contributed by atoms with Gasteiger partial charge in [0, 0.05) is 32.7 Å². The Labute approximate surface area is 135 Å². The van der Waals surface area contributed by atoms with Crippen LogP contribution in [0.4, 0.5) is 4.79 Å². The molecular formula is C16H34N4O2. The summed E-state index contributed by atoms with van der Waals surface area (Å²) in [7, 11) is 2.18. The van der Waals surface area contributed by atoms with Gasteiger partial charge in [-0.15, -0.1) is 0 Å². The van der Waals surface area contributed by atoms with Gasteiger partial charge in [0.05, 0.1) is 0 Å². The molecule has 1 amide bonds. The number of alkyl carbamates (subject to hydrolysis) is 1. The molecule has 1 saturated heterocycles. The summed E-state index contributed by atoms with van der Waals surface area (Å²) in [6, 6.07) is 0. The monoisotopic (exact) mass is 314 g/mol. The maximum Gasteiger partial charge on any atom is 0.407 e. The largest absolute Gasteiger partial charge is 0.444 e. The maximum absolute atomic E-state index is 11.4. The number of hydrogen-bond donors (Lipinski definition) is 2. The van der Waals surface area contributed by atoms with Gasteiger partial charge in [-0.05, 0) is 60.3 Å². The number of carbonyl (C=O) groups excluding carboxylic acids is 1. The highest BCUT2D eigenvalue weighted by molar-refractivity contribution is 5.67. The number of rotatable bonds is 8. The van der Waals surface area contributed by atoms with Gasteiger partial charge in [0.15, 0.2) is 0 Å². The van der Waals surface area contributed by atoms with E-state index in [1.54, 1.807) is 0 Å². The second-order valence-corrected chi connectivity index (χ2v) is 7.03. The average Bonchev–Trinajstić information content (AvgIpc) is 2.42. The zero-order valence-corrected chi connectivity index (χ0v) is 14.8. The predicted molar refractivity (Wildman–Crippen MR) is 90.3 cm³/mol. The molecule has 0 spiro atoms. The molecule has 130 valence electrons. The molecule has 0 radical (unpaired) electrons. The first-order valence-corrected chi connectivity index (χ1v) is 8.45. The van der Waals surface area contributed by atoms with Crippen molar-refractivity contribution < 1.29 is 9.53 Å². The van der Waals surface area contributed by atoms with Crippen LogP contribution in [-0.4, -0.2) is 80.9 Å². The van der Waals surface area contributed by atoms with Gasteiger partial charge in [-0.25, -0.2) is 4.79 Å². The molecule has 6 heteroatoms. The fraction of sp³-hybridized carbons (Fsp3) is 0.938. The van der Waals surface area contributed by atoms with Crippen molar-refractivity contribution in [2.75, 3.05) is 59.4 Å². The molecule has 1 heterocycles. The van der Waals surface area contributed by atoms with E-state index in [1.807, 2.05) is 20.8 Å². The number of piperazine rings is 1. The van der Waals surface area contributed by atoms with Crippen molar-refractivity contribution in [3.63, 3.8) is 0 Å². The van der Waals surface area contributed by atoms with E-state index < -0.39 is 5.60 Å². The van der Waals surface area contributed by atoms with E-state index in [-0.39, 0.29) is 6.09 Å². The predicted octanol–water partition coefficient (Wildman–Crippen LogP) is 1.13. The quantitative estimate of drug-likeness (QED) is 0.658. The van der Waals surface area contributed by atoms with Crippen LogP contribution in [0.25, 0.3) is 0 Å². The lowest BCUT2D eigenvalue weighted by Gasteiger charge is -2.32. The molecule has 0 aromatic rings. The lowest BCUT2D eigenvalue weighted by Crippen LogP contribution is -2.45. The molecule has 0 unspecified atom stereocenters. The van der Waals surface area contributed by atoms with E-state index >= 15 is 0 Å². The van der Waals surface area contributed by atoms with Crippen LogP contribution in [-0.2, 0) is 4.74 Å². The van der Waals surface area contributed by atoms with Gasteiger partial charge < -0.3 is 25.2 Å². The molecule has 0 aliphatic carbocycles. The van der Waals surface area contributed by atoms with Crippen molar-refractivity contribution in [2.45, 2.75) is 39.2 Å². The SMILES string of the molecule is CN1CCN(CCCNCCCNC(=O)OC(C)(C)C)CC1. The lowest BCUT2D eigenvalue weighted by atomic mass is 10.2. The van der Waals surface area contributed by atoms with Gasteiger partial charge in [-0.1, -0.05) is 0 Å². The van der Waals surface area contributed by atoms with Gasteiger partial charge in [-0.3, -0.25) is 0 Å². The van der Waals surface area contributed by atoms with Crippen LogP contribution >= 0.6 is 0 Å². The third-order valence-corrected chi connectivity index (χ3v) is 3.62. The molecule has 2 N–H and O–H groups in total. The standard InChI is InChI=1S/C16H34N4O2/c1-16(2,3)22-15(21)18-9-5-7-17-8-6-10-20-13-11-19(4)12-14-20/h17H,5-14H2,1-4H3,(H,18,21). The van der Waals surface area contributed by atoms with Crippen LogP contribution in [0.2, 0.25) is 0 Å². The Morgan fingerprint density at radius 1 is 1.05 bits per heavy atom. The first-order chi connectivity index (χ1) is 10.4. The Kier molecular flexibility index (Phi) is 8.75. The Morgan fingerprint density at radius 2 is 1.68 bits per heavy atom. The minimum absolute atomic E-state index is 0.331. The van der Waals surface area contributed by atoms with Crippen LogP contribution in [0, 0.1) is 0 Å². The topological polar surface area (TPSA) is 56.8 Å². The van der Waals surface area contributed by atoms with E-state index in [9.17, 15) is 4.79 Å². The molecule has 22 heavy (non-hydrogen) atoms. The second kappa shape index (κ2) is 10.0. The molecule has 6 nitrogen and oxygen atoms in total. The van der Waals surface area contributed by atoms with E-state index in [4.69, 9.17) is 4.74 Å². The van der Waals surface area contributed by atoms with E-state index in [2.05, 4.69) is 27.5 Å². The summed E-state index contributed by atoms with van der Waals surface area (Å²) < 4.78 is 5.18. The normalized spacial score (nSPS) is 17.5. The van der Waals surface area contributed by atoms with E-state index in [0.29, 0.717) is 6.54 Å². The molecule has 0 atom stereocenters. The van der Waals surface area contributed by atoms with Gasteiger partial charge >= 0.3 is 6.09 Å². The molecule has 1 aliphatic rings. The van der Waals surface area contributed by atoms with E-state index in [1.165, 1.54) is 39.1 Å². The third-order valence-electron chi connectivity index (χ3n) is 3.62. The van der Waals surface area contributed by atoms with Crippen LogP contribution in [0.15, 0.2) is 0 Å². The molecule has 0 aromatic heterocycles. The smallest absolute Gasteiger partial charge is 0.407 e. The number of carbonyl (C=O) groups is 1. The molecule has 0 saturated carbocycles. The molecule has 0 aromatic carbocycles. The fourth-order valence-electron chi connectivity index (χ4n) is 2.34. The average molecular weight is 314 g/mol. The van der Waals surface area contributed by atoms with Gasteiger partial charge in [0.25, 0.3) is 0 Å². The summed E-state index contributed by atoms with van der Waals surface area (Å²) >= 11 is 0. The first kappa shape index (κ1) is 19.2. The summed E-state index contributed by atoms with van der Waals surface area (Å²) in [5, 5.41) is 6.20. The highest BCUT2D eigenvalue weighted by atomic mass is 16.6. The Hall–Kier alpha value is -0.850. The van der Waals surface area contributed by atoms with Crippen LogP contribution in [0.3, 0.4) is 0 Å². The fourth-order valence-corrected chi connectivity index (χ4v) is 2.34. The minimum atomic E-state index is -0.425. The lowest BCUT2D eigenvalue weighted by molar-refractivity contribution is 0.0527. The Balaban J connectivity index is 1.86. The molecule has 1 rings (SSSR count). The van der Waals surface area contributed by atoms with Gasteiger partial charge in [-0.2, -0.15) is 0 Å². The number of likely N-dealkylation sites (N-methyl/N-ethyl adjacent to an activating group) is 1. The van der Waals surface area contributed by atoms with Crippen LogP contribution < -0.4 is 10.6 Å². The highest BCUT2D eigenvalue weighted by Crippen LogP contribution is 2.06. The molecule has 1 fully saturated rings. The summed E-state index contributed by atoms with van der Waals surface area (Å²) in [5.74, 6) is 0. The third kappa shape index (κ3) is 9.97. The number of hydrogen-bond acceptors (Lipinski definition) is 5. The summed E-state index contributed by atoms with van der Waals surface area (Å²) in [6.07, 6.45) is 1.78. The second-order valence-electron chi connectivity index (χ2n) is 7.03. The van der Waals surface area contributed by atoms with Crippen LogP contribution in [0.1, 0.15) is 33.6 Å². The zero-order valence-electron chi connectivity index (χ0n) is 14.8. The summed E-state index contributed by atoms with van der Waals surface area (Å²) in [6.45, 7) is 14.2. The Morgan fingerprint density at radius 3 is 2.32 bits per heavy atom. The maximum atomic E-state index is 11.4.